The van der Waals surface area contributed by atoms with Gasteiger partial charge in [-0.2, -0.15) is 13.2 Å². The SMILES string of the molecule is CCC(Nc1ccccc1SCC(F)(F)F)C1CC1. The number of thioether (sulfide) groups is 1. The Hall–Kier alpha value is -0.840. The van der Waals surface area contributed by atoms with E-state index in [4.69, 9.17) is 0 Å². The highest BCUT2D eigenvalue weighted by Crippen LogP contribution is 2.38. The molecule has 1 aromatic carbocycles. The second-order valence-electron chi connectivity index (χ2n) is 4.90. The number of rotatable bonds is 6. The van der Waals surface area contributed by atoms with Crippen LogP contribution < -0.4 is 5.32 Å². The van der Waals surface area contributed by atoms with Gasteiger partial charge < -0.3 is 5.32 Å². The Kier molecular flexibility index (Phi) is 4.66. The fourth-order valence-corrected chi connectivity index (χ4v) is 2.90. The number of hydrogen-bond acceptors (Lipinski definition) is 2. The van der Waals surface area contributed by atoms with Crippen LogP contribution in [0.1, 0.15) is 26.2 Å². The number of nitrogens with one attached hydrogen (secondary N) is 1. The van der Waals surface area contributed by atoms with E-state index in [2.05, 4.69) is 12.2 Å². The number of anilines is 1. The van der Waals surface area contributed by atoms with E-state index in [0.29, 0.717) is 16.9 Å². The van der Waals surface area contributed by atoms with E-state index in [1.54, 1.807) is 12.1 Å². The molecule has 1 atom stereocenters. The summed E-state index contributed by atoms with van der Waals surface area (Å²) in [5.41, 5.74) is 0.829. The molecule has 0 bridgehead atoms. The Bertz CT molecular complexity index is 415. The van der Waals surface area contributed by atoms with Crippen LogP contribution in [-0.4, -0.2) is 18.0 Å². The normalized spacial score (nSPS) is 17.3. The third kappa shape index (κ3) is 4.64. The Morgan fingerprint density at radius 1 is 1.32 bits per heavy atom. The van der Waals surface area contributed by atoms with Crippen LogP contribution in [0.3, 0.4) is 0 Å². The van der Waals surface area contributed by atoms with Gasteiger partial charge in [0.2, 0.25) is 0 Å². The number of hydrogen-bond donors (Lipinski definition) is 1. The van der Waals surface area contributed by atoms with E-state index in [1.807, 2.05) is 12.1 Å². The van der Waals surface area contributed by atoms with Gasteiger partial charge in [0.25, 0.3) is 0 Å². The zero-order chi connectivity index (χ0) is 13.9. The van der Waals surface area contributed by atoms with Gasteiger partial charge in [-0.15, -0.1) is 11.8 Å². The zero-order valence-corrected chi connectivity index (χ0v) is 11.7. The average molecular weight is 289 g/mol. The molecular formula is C14H18F3NS. The van der Waals surface area contributed by atoms with Gasteiger partial charge in [0.05, 0.1) is 5.75 Å². The van der Waals surface area contributed by atoms with Crippen LogP contribution >= 0.6 is 11.8 Å². The van der Waals surface area contributed by atoms with Gasteiger partial charge in [-0.1, -0.05) is 19.1 Å². The van der Waals surface area contributed by atoms with Crippen LogP contribution in [0.15, 0.2) is 29.2 Å². The van der Waals surface area contributed by atoms with Crippen molar-refractivity contribution in [2.45, 2.75) is 43.3 Å². The fourth-order valence-electron chi connectivity index (χ4n) is 2.12. The summed E-state index contributed by atoms with van der Waals surface area (Å²) in [7, 11) is 0. The summed E-state index contributed by atoms with van der Waals surface area (Å²) in [4.78, 5) is 0.680. The molecular weight excluding hydrogens is 271 g/mol. The van der Waals surface area contributed by atoms with Gasteiger partial charge >= 0.3 is 6.18 Å². The van der Waals surface area contributed by atoms with E-state index in [0.717, 1.165) is 23.9 Å². The second kappa shape index (κ2) is 6.07. The Morgan fingerprint density at radius 3 is 2.58 bits per heavy atom. The van der Waals surface area contributed by atoms with Crippen molar-refractivity contribution in [1.29, 1.82) is 0 Å². The first-order valence-electron chi connectivity index (χ1n) is 6.54. The van der Waals surface area contributed by atoms with Crippen molar-refractivity contribution in [2.75, 3.05) is 11.1 Å². The summed E-state index contributed by atoms with van der Waals surface area (Å²) >= 11 is 0.851. The maximum atomic E-state index is 12.3. The maximum absolute atomic E-state index is 12.3. The molecule has 1 fully saturated rings. The Labute approximate surface area is 116 Å². The Morgan fingerprint density at radius 2 is 2.00 bits per heavy atom. The highest BCUT2D eigenvalue weighted by molar-refractivity contribution is 7.99. The van der Waals surface area contributed by atoms with Gasteiger partial charge in [-0.25, -0.2) is 0 Å². The van der Waals surface area contributed by atoms with Gasteiger partial charge in [0.15, 0.2) is 0 Å². The molecule has 0 spiro atoms. The summed E-state index contributed by atoms with van der Waals surface area (Å²) in [6, 6.07) is 7.64. The molecule has 0 aromatic heterocycles. The lowest BCUT2D eigenvalue weighted by molar-refractivity contribution is -0.105. The van der Waals surface area contributed by atoms with Gasteiger partial charge in [-0.05, 0) is 37.3 Å². The quantitative estimate of drug-likeness (QED) is 0.744. The molecule has 5 heteroatoms. The lowest BCUT2D eigenvalue weighted by Gasteiger charge is -2.20. The molecule has 0 amide bonds. The molecule has 1 aliphatic rings. The molecule has 106 valence electrons. The van der Waals surface area contributed by atoms with E-state index in [1.165, 1.54) is 12.8 Å². The Balaban J connectivity index is 2.02. The smallest absolute Gasteiger partial charge is 0.381 e. The highest BCUT2D eigenvalue weighted by Gasteiger charge is 2.31. The number of para-hydroxylation sites is 1. The molecule has 0 radical (unpaired) electrons. The van der Waals surface area contributed by atoms with E-state index < -0.39 is 11.9 Å². The summed E-state index contributed by atoms with van der Waals surface area (Å²) in [6.07, 6.45) is -0.673. The first kappa shape index (κ1) is 14.6. The third-order valence-corrected chi connectivity index (χ3v) is 4.39. The van der Waals surface area contributed by atoms with Crippen molar-refractivity contribution in [2.24, 2.45) is 5.92 Å². The lowest BCUT2D eigenvalue weighted by atomic mass is 10.1. The molecule has 0 aliphatic heterocycles. The van der Waals surface area contributed by atoms with Crippen molar-refractivity contribution in [3.8, 4) is 0 Å². The van der Waals surface area contributed by atoms with E-state index in [9.17, 15) is 13.2 Å². The summed E-state index contributed by atoms with van der Waals surface area (Å²) in [6.45, 7) is 2.11. The maximum Gasteiger partial charge on any atom is 0.398 e. The van der Waals surface area contributed by atoms with Crippen molar-refractivity contribution in [3.63, 3.8) is 0 Å². The molecule has 1 saturated carbocycles. The first-order chi connectivity index (χ1) is 8.99. The number of benzene rings is 1. The molecule has 1 aromatic rings. The summed E-state index contributed by atoms with van der Waals surface area (Å²) < 4.78 is 36.9. The van der Waals surface area contributed by atoms with Gasteiger partial charge in [0.1, 0.15) is 0 Å². The first-order valence-corrected chi connectivity index (χ1v) is 7.53. The van der Waals surface area contributed by atoms with Crippen LogP contribution in [0.25, 0.3) is 0 Å². The van der Waals surface area contributed by atoms with E-state index in [-0.39, 0.29) is 0 Å². The van der Waals surface area contributed by atoms with Crippen LogP contribution in [0.4, 0.5) is 18.9 Å². The van der Waals surface area contributed by atoms with Crippen LogP contribution in [0.5, 0.6) is 0 Å². The van der Waals surface area contributed by atoms with Gasteiger partial charge in [0, 0.05) is 16.6 Å². The minimum absolute atomic E-state index is 0.382. The summed E-state index contributed by atoms with van der Waals surface area (Å²) in [5.74, 6) is -0.156. The minimum atomic E-state index is -4.13. The number of alkyl halides is 3. The average Bonchev–Trinajstić information content (AvgIpc) is 3.18. The van der Waals surface area contributed by atoms with Crippen molar-refractivity contribution >= 4 is 17.4 Å². The van der Waals surface area contributed by atoms with Crippen molar-refractivity contribution in [3.05, 3.63) is 24.3 Å². The van der Waals surface area contributed by atoms with Crippen LogP contribution in [-0.2, 0) is 0 Å². The molecule has 19 heavy (non-hydrogen) atoms. The predicted molar refractivity (Wildman–Crippen MR) is 73.6 cm³/mol. The minimum Gasteiger partial charge on any atom is -0.381 e. The summed E-state index contributed by atoms with van der Waals surface area (Å²) in [5, 5.41) is 3.41. The number of halogens is 3. The zero-order valence-electron chi connectivity index (χ0n) is 10.8. The van der Waals surface area contributed by atoms with Crippen LogP contribution in [0, 0.1) is 5.92 Å². The largest absolute Gasteiger partial charge is 0.398 e. The monoisotopic (exact) mass is 289 g/mol. The standard InChI is InChI=1S/C14H18F3NS/c1-2-11(10-7-8-10)18-12-5-3-4-6-13(12)19-9-14(15,16)17/h3-6,10-11,18H,2,7-9H2,1H3. The fraction of sp³-hybridized carbons (Fsp3) is 0.571. The molecule has 0 saturated heterocycles. The second-order valence-corrected chi connectivity index (χ2v) is 5.91. The van der Waals surface area contributed by atoms with Crippen molar-refractivity contribution in [1.82, 2.24) is 0 Å². The van der Waals surface area contributed by atoms with Crippen LogP contribution in [0.2, 0.25) is 0 Å². The third-order valence-electron chi connectivity index (χ3n) is 3.25. The molecule has 1 unspecified atom stereocenters. The molecule has 1 nitrogen and oxygen atoms in total. The molecule has 0 heterocycles. The van der Waals surface area contributed by atoms with Crippen molar-refractivity contribution < 1.29 is 13.2 Å². The highest BCUT2D eigenvalue weighted by atomic mass is 32.2. The molecule has 1 aliphatic carbocycles. The lowest BCUT2D eigenvalue weighted by Crippen LogP contribution is -2.21. The molecule has 2 rings (SSSR count). The predicted octanol–water partition coefficient (Wildman–Crippen LogP) is 4.94. The topological polar surface area (TPSA) is 12.0 Å². The van der Waals surface area contributed by atoms with Gasteiger partial charge in [-0.3, -0.25) is 0 Å². The van der Waals surface area contributed by atoms with E-state index >= 15 is 0 Å². The molecule has 1 N–H and O–H groups in total.